The van der Waals surface area contributed by atoms with Crippen molar-refractivity contribution < 1.29 is 23.7 Å². The minimum atomic E-state index is -0.746. The second-order valence-corrected chi connectivity index (χ2v) is 6.10. The standard InChI is InChI=1S/C14H12N4O5S/c19-9-4-8(12-5-20-13(9)23-12)18-14(24)17(15-16-18)7-1-2-10-11(3-7)22-6-21-10/h1-3,8,12-13H,4-6H2/t8-,12-,13-/m0/s1. The number of hydrogen-bond donors (Lipinski definition) is 0. The predicted octanol–water partition coefficient (Wildman–Crippen LogP) is 0.782. The summed E-state index contributed by atoms with van der Waals surface area (Å²) in [7, 11) is 0. The largest absolute Gasteiger partial charge is 0.454 e. The van der Waals surface area contributed by atoms with Gasteiger partial charge in [-0.1, -0.05) is 0 Å². The molecule has 0 amide bonds. The molecule has 0 spiro atoms. The third kappa shape index (κ3) is 2.00. The predicted molar refractivity (Wildman–Crippen MR) is 79.6 cm³/mol. The van der Waals surface area contributed by atoms with E-state index >= 15 is 0 Å². The Balaban J connectivity index is 1.52. The second kappa shape index (κ2) is 5.10. The Morgan fingerprint density at radius 3 is 3.00 bits per heavy atom. The third-order valence-electron chi connectivity index (χ3n) is 4.33. The Labute approximate surface area is 140 Å². The second-order valence-electron chi connectivity index (χ2n) is 5.73. The Bertz CT molecular complexity index is 894. The van der Waals surface area contributed by atoms with E-state index in [4.69, 9.17) is 31.2 Å². The van der Waals surface area contributed by atoms with Crippen LogP contribution in [-0.4, -0.2) is 51.4 Å². The van der Waals surface area contributed by atoms with Gasteiger partial charge < -0.3 is 18.9 Å². The van der Waals surface area contributed by atoms with E-state index in [1.165, 1.54) is 4.68 Å². The van der Waals surface area contributed by atoms with E-state index in [-0.39, 0.29) is 31.1 Å². The average molecular weight is 348 g/mol. The number of rotatable bonds is 2. The van der Waals surface area contributed by atoms with Crippen molar-refractivity contribution in [2.24, 2.45) is 0 Å². The summed E-state index contributed by atoms with van der Waals surface area (Å²) in [6, 6.07) is 5.08. The van der Waals surface area contributed by atoms with Crippen molar-refractivity contribution in [1.29, 1.82) is 0 Å². The molecule has 0 saturated carbocycles. The fourth-order valence-electron chi connectivity index (χ4n) is 3.11. The minimum absolute atomic E-state index is 0.103. The van der Waals surface area contributed by atoms with Gasteiger partial charge in [-0.15, -0.1) is 0 Å². The van der Waals surface area contributed by atoms with Gasteiger partial charge in [0.15, 0.2) is 17.3 Å². The van der Waals surface area contributed by atoms with Crippen LogP contribution in [-0.2, 0) is 14.3 Å². The molecule has 3 aliphatic heterocycles. The van der Waals surface area contributed by atoms with Gasteiger partial charge in [0.25, 0.3) is 0 Å². The van der Waals surface area contributed by atoms with E-state index in [0.717, 1.165) is 0 Å². The number of ether oxygens (including phenoxy) is 4. The van der Waals surface area contributed by atoms with E-state index in [2.05, 4.69) is 10.4 Å². The maximum absolute atomic E-state index is 12.0. The molecule has 0 aliphatic carbocycles. The highest BCUT2D eigenvalue weighted by Crippen LogP contribution is 2.35. The van der Waals surface area contributed by atoms with Crippen LogP contribution >= 0.6 is 12.2 Å². The number of fused-ring (bicyclic) bond motifs is 3. The van der Waals surface area contributed by atoms with Gasteiger partial charge in [0.1, 0.15) is 6.10 Å². The molecule has 124 valence electrons. The van der Waals surface area contributed by atoms with Gasteiger partial charge in [0.2, 0.25) is 17.9 Å². The van der Waals surface area contributed by atoms with Gasteiger partial charge in [-0.3, -0.25) is 4.79 Å². The number of Topliss-reactive ketones (excluding diaryl/α,β-unsaturated/α-hetero) is 1. The number of tetrazole rings is 1. The summed E-state index contributed by atoms with van der Waals surface area (Å²) in [4.78, 5) is 12.0. The highest BCUT2D eigenvalue weighted by Gasteiger charge is 2.45. The molecule has 9 nitrogen and oxygen atoms in total. The minimum Gasteiger partial charge on any atom is -0.454 e. The van der Waals surface area contributed by atoms with E-state index < -0.39 is 6.29 Å². The summed E-state index contributed by atoms with van der Waals surface area (Å²) >= 11 is 5.49. The van der Waals surface area contributed by atoms with Gasteiger partial charge >= 0.3 is 0 Å². The molecule has 2 saturated heterocycles. The normalized spacial score (nSPS) is 27.7. The van der Waals surface area contributed by atoms with Crippen molar-refractivity contribution in [3.8, 4) is 17.2 Å². The topological polar surface area (TPSA) is 89.6 Å². The molecule has 0 radical (unpaired) electrons. The number of benzene rings is 1. The van der Waals surface area contributed by atoms with Crippen molar-refractivity contribution in [1.82, 2.24) is 19.8 Å². The average Bonchev–Trinajstić information content (AvgIpc) is 3.30. The van der Waals surface area contributed by atoms with Gasteiger partial charge in [0.05, 0.1) is 18.3 Å². The molecule has 0 N–H and O–H groups in total. The Morgan fingerprint density at radius 2 is 2.08 bits per heavy atom. The first-order chi connectivity index (χ1) is 11.7. The van der Waals surface area contributed by atoms with Crippen molar-refractivity contribution in [2.45, 2.75) is 24.9 Å². The quantitative estimate of drug-likeness (QED) is 0.736. The molecule has 3 atom stereocenters. The Kier molecular flexibility index (Phi) is 2.99. The third-order valence-corrected chi connectivity index (χ3v) is 4.69. The van der Waals surface area contributed by atoms with E-state index in [1.54, 1.807) is 16.8 Å². The van der Waals surface area contributed by atoms with Crippen LogP contribution in [0.1, 0.15) is 12.5 Å². The smallest absolute Gasteiger partial charge is 0.231 e. The van der Waals surface area contributed by atoms with Gasteiger partial charge in [0, 0.05) is 12.5 Å². The lowest BCUT2D eigenvalue weighted by Gasteiger charge is -2.25. The Morgan fingerprint density at radius 1 is 1.21 bits per heavy atom. The summed E-state index contributed by atoms with van der Waals surface area (Å²) in [5, 5.41) is 8.24. The van der Waals surface area contributed by atoms with Crippen LogP contribution in [0.3, 0.4) is 0 Å². The van der Waals surface area contributed by atoms with Crippen LogP contribution in [0.4, 0.5) is 0 Å². The number of aromatic nitrogens is 4. The molecule has 2 fully saturated rings. The molecule has 10 heteroatoms. The van der Waals surface area contributed by atoms with Crippen LogP contribution < -0.4 is 9.47 Å². The van der Waals surface area contributed by atoms with Crippen molar-refractivity contribution in [3.05, 3.63) is 23.0 Å². The van der Waals surface area contributed by atoms with Gasteiger partial charge in [-0.25, -0.2) is 4.68 Å². The zero-order valence-corrected chi connectivity index (χ0v) is 13.1. The first kappa shape index (κ1) is 14.1. The number of ketones is 1. The van der Waals surface area contributed by atoms with Crippen LogP contribution in [0, 0.1) is 4.77 Å². The number of carbonyl (C=O) groups excluding carboxylic acids is 1. The van der Waals surface area contributed by atoms with Crippen molar-refractivity contribution in [2.75, 3.05) is 13.4 Å². The maximum atomic E-state index is 12.0. The van der Waals surface area contributed by atoms with Crippen LogP contribution in [0.25, 0.3) is 5.69 Å². The SMILES string of the molecule is O=C1C[C@H](n2nnn(-c3ccc4c(c3)OCO4)c2=S)[C@@H]2CO[C@H]1O2. The molecule has 2 aromatic rings. The van der Waals surface area contributed by atoms with Gasteiger partial charge in [-0.2, -0.15) is 4.68 Å². The van der Waals surface area contributed by atoms with Crippen LogP contribution in [0.15, 0.2) is 18.2 Å². The van der Waals surface area contributed by atoms with E-state index in [0.29, 0.717) is 28.6 Å². The lowest BCUT2D eigenvalue weighted by atomic mass is 10.0. The number of carbonyl (C=O) groups is 1. The fourth-order valence-corrected chi connectivity index (χ4v) is 3.43. The lowest BCUT2D eigenvalue weighted by Crippen LogP contribution is -2.37. The zero-order valence-electron chi connectivity index (χ0n) is 12.3. The maximum Gasteiger partial charge on any atom is 0.231 e. The fraction of sp³-hybridized carbons (Fsp3) is 0.429. The van der Waals surface area contributed by atoms with Crippen molar-refractivity contribution in [3.63, 3.8) is 0 Å². The lowest BCUT2D eigenvalue weighted by molar-refractivity contribution is -0.156. The number of nitrogens with zero attached hydrogens (tertiary/aromatic N) is 4. The first-order valence-electron chi connectivity index (χ1n) is 7.45. The van der Waals surface area contributed by atoms with Gasteiger partial charge in [-0.05, 0) is 34.8 Å². The molecule has 0 unspecified atom stereocenters. The first-order valence-corrected chi connectivity index (χ1v) is 7.86. The summed E-state index contributed by atoms with van der Waals surface area (Å²) in [5.41, 5.74) is 0.708. The number of hydrogen-bond acceptors (Lipinski definition) is 8. The summed E-state index contributed by atoms with van der Waals surface area (Å²) in [6.45, 7) is 0.543. The molecule has 24 heavy (non-hydrogen) atoms. The van der Waals surface area contributed by atoms with Crippen LogP contribution in [0.5, 0.6) is 11.5 Å². The van der Waals surface area contributed by atoms with Crippen LogP contribution in [0.2, 0.25) is 0 Å². The highest BCUT2D eigenvalue weighted by atomic mass is 32.1. The van der Waals surface area contributed by atoms with E-state index in [1.807, 2.05) is 6.07 Å². The highest BCUT2D eigenvalue weighted by molar-refractivity contribution is 7.71. The summed E-state index contributed by atoms with van der Waals surface area (Å²) in [5.74, 6) is 1.21. The zero-order chi connectivity index (χ0) is 16.3. The molecule has 3 aliphatic rings. The van der Waals surface area contributed by atoms with E-state index in [9.17, 15) is 4.79 Å². The Hall–Kier alpha value is -2.30. The molecule has 1 aromatic carbocycles. The molecule has 2 bridgehead atoms. The molecule has 4 heterocycles. The van der Waals surface area contributed by atoms with Crippen molar-refractivity contribution >= 4 is 18.0 Å². The molecule has 5 rings (SSSR count). The molecular formula is C14H12N4O5S. The molecule has 1 aromatic heterocycles. The summed E-state index contributed by atoms with van der Waals surface area (Å²) in [6.07, 6.45) is -0.727. The molecular weight excluding hydrogens is 336 g/mol. The summed E-state index contributed by atoms with van der Waals surface area (Å²) < 4.78 is 25.0. The monoisotopic (exact) mass is 348 g/mol.